The van der Waals surface area contributed by atoms with Crippen molar-refractivity contribution in [3.63, 3.8) is 0 Å². The lowest BCUT2D eigenvalue weighted by Gasteiger charge is -2.49. The van der Waals surface area contributed by atoms with Crippen LogP contribution in [0.5, 0.6) is 0 Å². The largest absolute Gasteiger partial charge is 0.394 e. The Bertz CT molecular complexity index is 947. The highest BCUT2D eigenvalue weighted by atomic mass is 16.3. The minimum atomic E-state index is -0.0682. The second-order valence-corrected chi connectivity index (χ2v) is 10.5. The summed E-state index contributed by atoms with van der Waals surface area (Å²) in [7, 11) is 0. The molecule has 1 aromatic carbocycles. The SMILES string of the molecule is CCC1(c2ccccc2)CCC2(CC1)CN(Cc1cn(CCO)nn1)C(=O)N2CC1CCC1. The highest BCUT2D eigenvalue weighted by Gasteiger charge is 2.54. The number of aromatic nitrogens is 3. The van der Waals surface area contributed by atoms with Gasteiger partial charge in [-0.2, -0.15) is 0 Å². The Labute approximate surface area is 196 Å². The van der Waals surface area contributed by atoms with Crippen LogP contribution in [-0.4, -0.2) is 61.2 Å². The minimum absolute atomic E-state index is 0.0321. The molecule has 2 heterocycles. The number of amides is 2. The third-order valence-corrected chi connectivity index (χ3v) is 8.69. The molecule has 1 aliphatic heterocycles. The van der Waals surface area contributed by atoms with E-state index in [2.05, 4.69) is 52.5 Å². The summed E-state index contributed by atoms with van der Waals surface area (Å²) in [5.74, 6) is 0.656. The summed E-state index contributed by atoms with van der Waals surface area (Å²) in [6.45, 7) is 4.95. The lowest BCUT2D eigenvalue weighted by molar-refractivity contribution is 0.0641. The molecule has 2 amide bonds. The van der Waals surface area contributed by atoms with Crippen LogP contribution in [0.15, 0.2) is 36.5 Å². The molecule has 178 valence electrons. The highest BCUT2D eigenvalue weighted by molar-refractivity contribution is 5.78. The molecule has 0 bridgehead atoms. The molecule has 0 radical (unpaired) electrons. The average Bonchev–Trinajstić information content (AvgIpc) is 3.35. The first-order chi connectivity index (χ1) is 16.1. The number of benzene rings is 1. The van der Waals surface area contributed by atoms with E-state index in [4.69, 9.17) is 5.11 Å². The maximum absolute atomic E-state index is 13.6. The Morgan fingerprint density at radius 2 is 1.88 bits per heavy atom. The number of nitrogens with zero attached hydrogens (tertiary/aromatic N) is 5. The molecule has 7 nitrogen and oxygen atoms in total. The van der Waals surface area contributed by atoms with Crippen LogP contribution in [0.4, 0.5) is 4.79 Å². The maximum Gasteiger partial charge on any atom is 0.320 e. The van der Waals surface area contributed by atoms with Gasteiger partial charge in [0.25, 0.3) is 0 Å². The summed E-state index contributed by atoms with van der Waals surface area (Å²) in [6.07, 6.45) is 11.2. The predicted molar refractivity (Wildman–Crippen MR) is 127 cm³/mol. The molecular formula is C26H37N5O2. The van der Waals surface area contributed by atoms with Gasteiger partial charge in [-0.15, -0.1) is 5.10 Å². The second kappa shape index (κ2) is 9.09. The molecule has 2 saturated carbocycles. The van der Waals surface area contributed by atoms with Crippen molar-refractivity contribution in [2.75, 3.05) is 19.7 Å². The van der Waals surface area contributed by atoms with Crippen molar-refractivity contribution in [3.05, 3.63) is 47.8 Å². The number of rotatable bonds is 8. The molecule has 7 heteroatoms. The number of aliphatic hydroxyl groups is 1. The van der Waals surface area contributed by atoms with E-state index in [1.807, 2.05) is 11.1 Å². The molecule has 3 fully saturated rings. The zero-order valence-corrected chi connectivity index (χ0v) is 19.8. The van der Waals surface area contributed by atoms with Gasteiger partial charge in [-0.25, -0.2) is 9.48 Å². The molecule has 3 aliphatic rings. The smallest absolute Gasteiger partial charge is 0.320 e. The van der Waals surface area contributed by atoms with Gasteiger partial charge in [0.1, 0.15) is 5.69 Å². The first-order valence-electron chi connectivity index (χ1n) is 12.7. The molecule has 1 aromatic heterocycles. The first kappa shape index (κ1) is 22.4. The summed E-state index contributed by atoms with van der Waals surface area (Å²) in [5, 5.41) is 17.5. The third kappa shape index (κ3) is 4.16. The Morgan fingerprint density at radius 3 is 2.52 bits per heavy atom. The normalized spacial score (nSPS) is 28.0. The van der Waals surface area contributed by atoms with Crippen molar-refractivity contribution in [1.82, 2.24) is 24.8 Å². The second-order valence-electron chi connectivity index (χ2n) is 10.5. The van der Waals surface area contributed by atoms with Crippen LogP contribution < -0.4 is 0 Å². The van der Waals surface area contributed by atoms with Gasteiger partial charge >= 0.3 is 6.03 Å². The number of hydrogen-bond acceptors (Lipinski definition) is 4. The monoisotopic (exact) mass is 451 g/mol. The van der Waals surface area contributed by atoms with Crippen LogP contribution in [0.3, 0.4) is 0 Å². The number of hydrogen-bond donors (Lipinski definition) is 1. The van der Waals surface area contributed by atoms with E-state index in [1.54, 1.807) is 4.68 Å². The van der Waals surface area contributed by atoms with Gasteiger partial charge in [-0.3, -0.25) is 0 Å². The summed E-state index contributed by atoms with van der Waals surface area (Å²) in [5.41, 5.74) is 2.40. The van der Waals surface area contributed by atoms with Crippen LogP contribution >= 0.6 is 0 Å². The summed E-state index contributed by atoms with van der Waals surface area (Å²) >= 11 is 0. The van der Waals surface area contributed by atoms with Crippen molar-refractivity contribution < 1.29 is 9.90 Å². The van der Waals surface area contributed by atoms with E-state index in [-0.39, 0.29) is 23.6 Å². The Morgan fingerprint density at radius 1 is 1.12 bits per heavy atom. The maximum atomic E-state index is 13.6. The van der Waals surface area contributed by atoms with Gasteiger partial charge in [0.15, 0.2) is 0 Å². The molecule has 0 atom stereocenters. The molecule has 2 aliphatic carbocycles. The van der Waals surface area contributed by atoms with Gasteiger partial charge < -0.3 is 14.9 Å². The summed E-state index contributed by atoms with van der Waals surface area (Å²) < 4.78 is 1.65. The number of carbonyl (C=O) groups is 1. The predicted octanol–water partition coefficient (Wildman–Crippen LogP) is 3.97. The van der Waals surface area contributed by atoms with E-state index in [0.717, 1.165) is 50.9 Å². The third-order valence-electron chi connectivity index (χ3n) is 8.69. The van der Waals surface area contributed by atoms with E-state index >= 15 is 0 Å². The van der Waals surface area contributed by atoms with Gasteiger partial charge in [0.05, 0.1) is 31.4 Å². The number of aliphatic hydroxyl groups excluding tert-OH is 1. The molecule has 0 unspecified atom stereocenters. The van der Waals surface area contributed by atoms with Crippen LogP contribution in [0.1, 0.15) is 69.5 Å². The Hall–Kier alpha value is -2.41. The molecule has 1 N–H and O–H groups in total. The first-order valence-corrected chi connectivity index (χ1v) is 12.7. The van der Waals surface area contributed by atoms with Crippen LogP contribution in [0, 0.1) is 5.92 Å². The van der Waals surface area contributed by atoms with Gasteiger partial charge in [-0.1, -0.05) is 48.9 Å². The summed E-state index contributed by atoms with van der Waals surface area (Å²) in [4.78, 5) is 17.9. The Kier molecular flexibility index (Phi) is 6.16. The minimum Gasteiger partial charge on any atom is -0.394 e. The van der Waals surface area contributed by atoms with Crippen molar-refractivity contribution in [1.29, 1.82) is 0 Å². The lowest BCUT2D eigenvalue weighted by atomic mass is 9.62. The summed E-state index contributed by atoms with van der Waals surface area (Å²) in [6, 6.07) is 11.2. The molecule has 1 saturated heterocycles. The van der Waals surface area contributed by atoms with Crippen molar-refractivity contribution in [2.24, 2.45) is 5.92 Å². The van der Waals surface area contributed by atoms with Crippen molar-refractivity contribution in [3.8, 4) is 0 Å². The number of carbonyl (C=O) groups excluding carboxylic acids is 1. The van der Waals surface area contributed by atoms with E-state index in [9.17, 15) is 4.79 Å². The standard InChI is InChI=1S/C26H37N5O2/c1-2-25(22-9-4-3-5-10-22)11-13-26(14-12-25)20-29(18-23-19-30(15-16-32)28-27-23)24(33)31(26)17-21-7-6-8-21/h3-5,9-10,19,21,32H,2,6-8,11-18,20H2,1H3. The van der Waals surface area contributed by atoms with Crippen LogP contribution in [0.25, 0.3) is 0 Å². The zero-order valence-electron chi connectivity index (χ0n) is 19.8. The fourth-order valence-electron chi connectivity index (χ4n) is 6.29. The van der Waals surface area contributed by atoms with Crippen molar-refractivity contribution >= 4 is 6.03 Å². The zero-order chi connectivity index (χ0) is 22.9. The molecule has 33 heavy (non-hydrogen) atoms. The van der Waals surface area contributed by atoms with Gasteiger partial charge in [-0.05, 0) is 61.8 Å². The van der Waals surface area contributed by atoms with E-state index in [1.165, 1.54) is 24.8 Å². The highest BCUT2D eigenvalue weighted by Crippen LogP contribution is 2.50. The lowest BCUT2D eigenvalue weighted by Crippen LogP contribution is -2.53. The van der Waals surface area contributed by atoms with Crippen LogP contribution in [-0.2, 0) is 18.5 Å². The molecular weight excluding hydrogens is 414 g/mol. The Balaban J connectivity index is 1.35. The molecule has 5 rings (SSSR count). The topological polar surface area (TPSA) is 74.5 Å². The molecule has 1 spiro atoms. The van der Waals surface area contributed by atoms with Gasteiger partial charge in [0.2, 0.25) is 0 Å². The average molecular weight is 452 g/mol. The molecule has 2 aromatic rings. The van der Waals surface area contributed by atoms with Gasteiger partial charge in [0, 0.05) is 13.1 Å². The number of urea groups is 1. The fraction of sp³-hybridized carbons (Fsp3) is 0.654. The van der Waals surface area contributed by atoms with Crippen molar-refractivity contribution in [2.45, 2.75) is 82.3 Å². The van der Waals surface area contributed by atoms with E-state index in [0.29, 0.717) is 19.0 Å². The quantitative estimate of drug-likeness (QED) is 0.659. The van der Waals surface area contributed by atoms with E-state index < -0.39 is 0 Å². The van der Waals surface area contributed by atoms with Crippen LogP contribution in [0.2, 0.25) is 0 Å². The fourth-order valence-corrected chi connectivity index (χ4v) is 6.29.